The van der Waals surface area contributed by atoms with Gasteiger partial charge in [0.2, 0.25) is 47.3 Å². The smallest absolute Gasteiger partial charge is 0.326 e. The Kier molecular flexibility index (Phi) is 26.2. The van der Waals surface area contributed by atoms with E-state index in [1.807, 2.05) is 69.2 Å². The van der Waals surface area contributed by atoms with Gasteiger partial charge in [0.1, 0.15) is 48.3 Å². The Hall–Kier alpha value is -7.97. The second-order valence-electron chi connectivity index (χ2n) is 22.7. The van der Waals surface area contributed by atoms with Gasteiger partial charge in [0.15, 0.2) is 0 Å². The molecule has 81 heavy (non-hydrogen) atoms. The number of aromatic nitrogens is 8. The van der Waals surface area contributed by atoms with Crippen molar-refractivity contribution in [2.75, 3.05) is 0 Å². The van der Waals surface area contributed by atoms with Gasteiger partial charge < -0.3 is 73.3 Å². The molecule has 4 rings (SSSR count). The van der Waals surface area contributed by atoms with Crippen LogP contribution in [0, 0.1) is 29.6 Å². The summed E-state index contributed by atoms with van der Waals surface area (Å²) in [5.41, 5.74) is 8.05. The molecule has 15 N–H and O–H groups in total. The van der Waals surface area contributed by atoms with Crippen LogP contribution in [0.4, 0.5) is 0 Å². The van der Waals surface area contributed by atoms with Crippen LogP contribution in [-0.4, -0.2) is 153 Å². The third-order valence-corrected chi connectivity index (χ3v) is 12.9. The molecule has 9 atom stereocenters. The van der Waals surface area contributed by atoms with E-state index in [1.54, 1.807) is 0 Å². The van der Waals surface area contributed by atoms with Crippen LogP contribution in [0.15, 0.2) is 50.1 Å². The molecule has 0 aliphatic carbocycles. The Balaban J connectivity index is 1.59. The number of aliphatic carboxylic acids is 1. The van der Waals surface area contributed by atoms with Crippen molar-refractivity contribution in [3.63, 3.8) is 0 Å². The van der Waals surface area contributed by atoms with Gasteiger partial charge in [-0.2, -0.15) is 0 Å². The van der Waals surface area contributed by atoms with Crippen LogP contribution < -0.4 is 48.3 Å². The first kappa shape index (κ1) is 65.5. The average Bonchev–Trinajstić information content (AvgIpc) is 4.26. The Morgan fingerprint density at radius 3 is 0.790 bits per heavy atom. The van der Waals surface area contributed by atoms with E-state index in [2.05, 4.69) is 82.4 Å². The van der Waals surface area contributed by atoms with Crippen molar-refractivity contribution in [2.24, 2.45) is 35.3 Å². The monoisotopic (exact) mass is 1130 g/mol. The third kappa shape index (κ3) is 23.0. The quantitative estimate of drug-likeness (QED) is 0.0296. The SMILES string of the molecule is CC(C)C[C@H](NC(=O)[C@H](CC(C)C)NC(=O)[C@H](Cc1cnc[nH]1)NC(=O)[C@H](Cc1cnc[nH]1)NC(=O)[C@H](CC(C)C)NC(=O)[C@H](CC(C)C)NC(=O)[C@H](Cc1cnc[nH]1)NC(=O)[C@@H](N)CC(C)C)C(=O)N[C@@H](Cc1cnc[nH]1)C(=O)O. The summed E-state index contributed by atoms with van der Waals surface area (Å²) >= 11 is 0. The van der Waals surface area contributed by atoms with Crippen molar-refractivity contribution in [1.82, 2.24) is 82.4 Å². The summed E-state index contributed by atoms with van der Waals surface area (Å²) < 4.78 is 0. The predicted octanol–water partition coefficient (Wildman–Crippen LogP) is 0.370. The molecular weight excluding hydrogens is 1050 g/mol. The van der Waals surface area contributed by atoms with Crippen LogP contribution in [-0.2, 0) is 68.8 Å². The molecule has 0 aromatic carbocycles. The highest BCUT2D eigenvalue weighted by Gasteiger charge is 2.36. The van der Waals surface area contributed by atoms with Gasteiger partial charge in [0.05, 0.1) is 31.4 Å². The molecule has 0 aliphatic rings. The van der Waals surface area contributed by atoms with Crippen LogP contribution in [0.3, 0.4) is 0 Å². The van der Waals surface area contributed by atoms with Crippen LogP contribution >= 0.6 is 0 Å². The van der Waals surface area contributed by atoms with Gasteiger partial charge >= 0.3 is 5.97 Å². The number of nitrogens with one attached hydrogen (secondary N) is 12. The number of H-pyrrole nitrogens is 4. The second-order valence-corrected chi connectivity index (χ2v) is 22.7. The molecule has 4 aromatic rings. The highest BCUT2D eigenvalue weighted by molar-refractivity contribution is 5.98. The van der Waals surface area contributed by atoms with Gasteiger partial charge in [-0.1, -0.05) is 69.2 Å². The molecule has 27 heteroatoms. The molecule has 0 unspecified atom stereocenters. The fourth-order valence-corrected chi connectivity index (χ4v) is 8.90. The lowest BCUT2D eigenvalue weighted by atomic mass is 9.98. The zero-order chi connectivity index (χ0) is 59.9. The molecule has 0 bridgehead atoms. The summed E-state index contributed by atoms with van der Waals surface area (Å²) in [7, 11) is 0. The Morgan fingerprint density at radius 2 is 0.568 bits per heavy atom. The van der Waals surface area contributed by atoms with Gasteiger partial charge in [0.25, 0.3) is 0 Å². The van der Waals surface area contributed by atoms with E-state index in [-0.39, 0.29) is 81.0 Å². The molecule has 8 amide bonds. The van der Waals surface area contributed by atoms with Crippen molar-refractivity contribution >= 4 is 53.2 Å². The summed E-state index contributed by atoms with van der Waals surface area (Å²) in [4.78, 5) is 153. The van der Waals surface area contributed by atoms with Gasteiger partial charge in [-0.3, -0.25) is 38.4 Å². The fraction of sp³-hybridized carbons (Fsp3) is 0.611. The minimum Gasteiger partial charge on any atom is -0.480 e. The van der Waals surface area contributed by atoms with E-state index in [0.29, 0.717) is 29.2 Å². The first-order chi connectivity index (χ1) is 38.3. The van der Waals surface area contributed by atoms with Gasteiger partial charge in [-0.15, -0.1) is 0 Å². The van der Waals surface area contributed by atoms with Crippen molar-refractivity contribution < 1.29 is 48.3 Å². The molecule has 0 saturated heterocycles. The summed E-state index contributed by atoms with van der Waals surface area (Å²) in [6, 6.07) is -11.1. The molecule has 0 saturated carbocycles. The predicted molar refractivity (Wildman–Crippen MR) is 297 cm³/mol. The number of nitrogens with two attached hydrogens (primary N) is 1. The lowest BCUT2D eigenvalue weighted by Gasteiger charge is -2.29. The molecule has 0 spiro atoms. The largest absolute Gasteiger partial charge is 0.480 e. The van der Waals surface area contributed by atoms with Crippen molar-refractivity contribution in [3.05, 3.63) is 72.9 Å². The normalized spacial score (nSPS) is 14.9. The molecule has 4 heterocycles. The summed E-state index contributed by atoms with van der Waals surface area (Å²) in [5.74, 6) is -7.59. The Bertz CT molecular complexity index is 2600. The van der Waals surface area contributed by atoms with E-state index < -0.39 is 108 Å². The first-order valence-corrected chi connectivity index (χ1v) is 27.6. The number of nitrogens with zero attached hydrogens (tertiary/aromatic N) is 4. The summed E-state index contributed by atoms with van der Waals surface area (Å²) in [6.07, 6.45) is 11.8. The van der Waals surface area contributed by atoms with Crippen LogP contribution in [0.25, 0.3) is 0 Å². The van der Waals surface area contributed by atoms with Crippen LogP contribution in [0.1, 0.15) is 124 Å². The minimum absolute atomic E-state index is 0.00396. The first-order valence-electron chi connectivity index (χ1n) is 27.6. The zero-order valence-electron chi connectivity index (χ0n) is 48.1. The maximum atomic E-state index is 14.7. The number of amides is 8. The minimum atomic E-state index is -1.39. The van der Waals surface area contributed by atoms with E-state index in [4.69, 9.17) is 5.73 Å². The van der Waals surface area contributed by atoms with Crippen LogP contribution in [0.2, 0.25) is 0 Å². The molecule has 4 aromatic heterocycles. The van der Waals surface area contributed by atoms with Crippen molar-refractivity contribution in [3.8, 4) is 0 Å². The van der Waals surface area contributed by atoms with Gasteiger partial charge in [0, 0.05) is 73.2 Å². The number of imidazole rings is 4. The molecular formula is C54H85N17O10. The number of aromatic amines is 4. The highest BCUT2D eigenvalue weighted by Crippen LogP contribution is 2.15. The number of carbonyl (C=O) groups excluding carboxylic acids is 8. The maximum Gasteiger partial charge on any atom is 0.326 e. The number of carboxylic acids is 1. The third-order valence-electron chi connectivity index (χ3n) is 12.9. The topological polar surface area (TPSA) is 411 Å². The molecule has 0 fully saturated rings. The lowest BCUT2D eigenvalue weighted by Crippen LogP contribution is -2.61. The summed E-state index contributed by atoms with van der Waals surface area (Å²) in [5, 5.41) is 31.8. The Labute approximate surface area is 472 Å². The van der Waals surface area contributed by atoms with E-state index in [0.717, 1.165) is 0 Å². The zero-order valence-corrected chi connectivity index (χ0v) is 48.1. The van der Waals surface area contributed by atoms with Crippen LogP contribution in [0.5, 0.6) is 0 Å². The van der Waals surface area contributed by atoms with E-state index in [9.17, 15) is 48.3 Å². The molecule has 0 radical (unpaired) electrons. The van der Waals surface area contributed by atoms with Gasteiger partial charge in [-0.25, -0.2) is 24.7 Å². The fourth-order valence-electron chi connectivity index (χ4n) is 8.90. The van der Waals surface area contributed by atoms with Crippen molar-refractivity contribution in [1.29, 1.82) is 0 Å². The number of carboxylic acid groups (broad SMARTS) is 1. The number of hydrogen-bond acceptors (Lipinski definition) is 14. The standard InChI is InChI=1S/C54H85N17O10/c1-28(2)11-37(55)46(72)64-42(16-33-20-56-24-60-33)51(77)67-38(12-29(3)4)47(73)65-40(14-31(7)8)49(75)69-44(18-35-22-58-26-62-35)53(79)70-43(17-34-21-57-25-61-34)52(78)68-39(13-30(5)6)48(74)66-41(15-32(9)10)50(76)71-45(54(80)81)19-36-23-59-27-63-36/h20-32,37-45H,11-19,55H2,1-10H3,(H,56,60)(H,57,61)(H,58,62)(H,59,63)(H,64,72)(H,65,73)(H,66,74)(H,67,77)(H,68,78)(H,69,75)(H,70,79)(H,71,76)(H,80,81)/t37-,38-,39-,40-,41-,42-,43-,44-,45-/m0/s1. The molecule has 446 valence electrons. The van der Waals surface area contributed by atoms with E-state index >= 15 is 0 Å². The summed E-state index contributed by atoms with van der Waals surface area (Å²) in [6.45, 7) is 18.5. The lowest BCUT2D eigenvalue weighted by molar-refractivity contribution is -0.142. The molecule has 27 nitrogen and oxygen atoms in total. The van der Waals surface area contributed by atoms with Gasteiger partial charge in [-0.05, 0) is 61.7 Å². The van der Waals surface area contributed by atoms with Crippen molar-refractivity contribution in [2.45, 2.75) is 181 Å². The maximum absolute atomic E-state index is 14.7. The van der Waals surface area contributed by atoms with E-state index in [1.165, 1.54) is 50.1 Å². The number of rotatable bonds is 35. The Morgan fingerprint density at radius 1 is 0.358 bits per heavy atom. The second kappa shape index (κ2) is 32.3. The number of carbonyl (C=O) groups is 9. The number of hydrogen-bond donors (Lipinski definition) is 14. The average molecular weight is 1130 g/mol. The molecule has 0 aliphatic heterocycles. The highest BCUT2D eigenvalue weighted by atomic mass is 16.4.